The Hall–Kier alpha value is -6.80. The summed E-state index contributed by atoms with van der Waals surface area (Å²) in [6.07, 6.45) is 0. The molecule has 6 rings (SSSR count). The summed E-state index contributed by atoms with van der Waals surface area (Å²) in [5.41, 5.74) is 4.65. The van der Waals surface area contributed by atoms with Crippen LogP contribution in [0.3, 0.4) is 0 Å². The summed E-state index contributed by atoms with van der Waals surface area (Å²) in [4.78, 5) is 40.9. The number of hydrogen-bond acceptors (Lipinski definition) is 8. The Morgan fingerprint density at radius 1 is 0.271 bits per heavy atom. The number of hydrogen-bond donors (Lipinski definition) is 0. The molecule has 6 aromatic carbocycles. The molecule has 0 atom stereocenters. The molecule has 0 bridgehead atoms. The van der Waals surface area contributed by atoms with E-state index in [9.17, 15) is 39.6 Å². The molecule has 6 aromatic rings. The smallest absolute Gasteiger partial charge is 0.0715 e. The molecule has 0 aliphatic heterocycles. The van der Waals surface area contributed by atoms with Crippen LogP contribution < -0.4 is 20.4 Å². The molecule has 0 amide bonds. The summed E-state index contributed by atoms with van der Waals surface area (Å²) in [7, 11) is 0. The van der Waals surface area contributed by atoms with E-state index in [1.807, 2.05) is 24.3 Å². The Kier molecular flexibility index (Phi) is 14.0. The molecular weight excluding hydrogens is 608 g/mol. The lowest BCUT2D eigenvalue weighted by Gasteiger charge is -2.05. The van der Waals surface area contributed by atoms with E-state index < -0.39 is 23.9 Å². The van der Waals surface area contributed by atoms with Gasteiger partial charge in [-0.15, -0.1) is 0 Å². The van der Waals surface area contributed by atoms with Crippen molar-refractivity contribution in [2.24, 2.45) is 0 Å². The average Bonchev–Trinajstić information content (AvgIpc) is 3.14. The first-order valence-electron chi connectivity index (χ1n) is 14.4. The molecule has 8 nitrogen and oxygen atoms in total. The van der Waals surface area contributed by atoms with E-state index in [0.717, 1.165) is 30.3 Å². The van der Waals surface area contributed by atoms with Gasteiger partial charge >= 0.3 is 0 Å². The molecule has 240 valence electrons. The second-order valence-corrected chi connectivity index (χ2v) is 9.77. The van der Waals surface area contributed by atoms with Gasteiger partial charge in [0.25, 0.3) is 0 Å². The lowest BCUT2D eigenvalue weighted by atomic mass is 10.1. The van der Waals surface area contributed by atoms with Crippen molar-refractivity contribution >= 4 is 23.9 Å². The van der Waals surface area contributed by atoms with Crippen molar-refractivity contribution in [1.82, 2.24) is 0 Å². The molecule has 48 heavy (non-hydrogen) atoms. The van der Waals surface area contributed by atoms with Crippen molar-refractivity contribution < 1.29 is 39.6 Å². The topological polar surface area (TPSA) is 161 Å². The number of aromatic carboxylic acids is 4. The minimum absolute atomic E-state index is 0.0556. The van der Waals surface area contributed by atoms with E-state index in [0.29, 0.717) is 0 Å². The largest absolute Gasteiger partial charge is 0.545 e. The van der Waals surface area contributed by atoms with E-state index in [-0.39, 0.29) is 22.3 Å². The molecule has 0 fully saturated rings. The Balaban J connectivity index is 0.000000174. The molecule has 0 aromatic heterocycles. The molecular formula is C40H28O8-4. The maximum atomic E-state index is 10.3. The third-order valence-electron chi connectivity index (χ3n) is 6.45. The second kappa shape index (κ2) is 18.9. The van der Waals surface area contributed by atoms with E-state index >= 15 is 0 Å². The molecule has 0 saturated carbocycles. The summed E-state index contributed by atoms with van der Waals surface area (Å²) in [5, 5.41) is 40.9. The van der Waals surface area contributed by atoms with Crippen LogP contribution in [0.4, 0.5) is 0 Å². The van der Waals surface area contributed by atoms with Crippen molar-refractivity contribution in [3.8, 4) is 22.3 Å². The molecule has 0 saturated heterocycles. The minimum atomic E-state index is -1.40. The summed E-state index contributed by atoms with van der Waals surface area (Å²) >= 11 is 0. The van der Waals surface area contributed by atoms with E-state index in [1.54, 1.807) is 0 Å². The minimum Gasteiger partial charge on any atom is -0.545 e. The van der Waals surface area contributed by atoms with Crippen molar-refractivity contribution in [2.45, 2.75) is 0 Å². The molecule has 0 aliphatic carbocycles. The van der Waals surface area contributed by atoms with Crippen molar-refractivity contribution in [3.63, 3.8) is 0 Å². The van der Waals surface area contributed by atoms with Gasteiger partial charge in [-0.25, -0.2) is 0 Å². The Bertz CT molecular complexity index is 1680. The van der Waals surface area contributed by atoms with Crippen LogP contribution in [0.25, 0.3) is 22.3 Å². The van der Waals surface area contributed by atoms with Crippen molar-refractivity contribution in [2.75, 3.05) is 0 Å². The van der Waals surface area contributed by atoms with Gasteiger partial charge in [-0.05, 0) is 50.6 Å². The zero-order valence-electron chi connectivity index (χ0n) is 25.4. The van der Waals surface area contributed by atoms with Gasteiger partial charge in [0, 0.05) is 0 Å². The summed E-state index contributed by atoms with van der Waals surface area (Å²) in [5.74, 6) is -5.48. The van der Waals surface area contributed by atoms with Crippen LogP contribution >= 0.6 is 0 Å². The predicted molar refractivity (Wildman–Crippen MR) is 174 cm³/mol. The first-order chi connectivity index (χ1) is 23.2. The van der Waals surface area contributed by atoms with Crippen LogP contribution in [-0.2, 0) is 0 Å². The fourth-order valence-corrected chi connectivity index (χ4v) is 4.04. The molecule has 0 aliphatic rings. The molecule has 0 N–H and O–H groups in total. The lowest BCUT2D eigenvalue weighted by molar-refractivity contribution is -0.256. The highest BCUT2D eigenvalue weighted by atomic mass is 16.4. The average molecular weight is 637 g/mol. The number of carbonyl (C=O) groups excluding carboxylic acids is 4. The van der Waals surface area contributed by atoms with Gasteiger partial charge in [-0.1, -0.05) is 164 Å². The van der Waals surface area contributed by atoms with Gasteiger partial charge in [0.15, 0.2) is 0 Å². The molecule has 0 heterocycles. The van der Waals surface area contributed by atoms with Crippen LogP contribution in [0, 0.1) is 0 Å². The maximum absolute atomic E-state index is 10.3. The Labute approximate surface area is 277 Å². The fourth-order valence-electron chi connectivity index (χ4n) is 4.04. The van der Waals surface area contributed by atoms with Crippen LogP contribution in [0.2, 0.25) is 0 Å². The SMILES string of the molecule is O=C([O-])c1ccc(C(=O)[O-])cc1.O=C([O-])c1cccc(C(=O)[O-])c1.c1ccc(-c2ccccc2)cc1.c1ccc(-c2ccccc2)cc1. The van der Waals surface area contributed by atoms with Gasteiger partial charge in [-0.2, -0.15) is 0 Å². The Morgan fingerprint density at radius 3 is 0.708 bits per heavy atom. The van der Waals surface area contributed by atoms with Gasteiger partial charge in [0.1, 0.15) is 0 Å². The maximum Gasteiger partial charge on any atom is 0.0715 e. The third kappa shape index (κ3) is 11.9. The standard InChI is InChI=1S/2C12H10.2C8H6O4/c2*1-3-7-11(8-4-1)12-9-5-2-6-10-12;9-7(10)5-1-2-6(4-3-5)8(11)12;9-7(10)5-2-1-3-6(4-5)8(11)12/h2*1-10H;2*1-4H,(H,9,10)(H,11,12)/p-4. The molecule has 0 radical (unpaired) electrons. The number of rotatable bonds is 6. The van der Waals surface area contributed by atoms with Crippen LogP contribution in [-0.4, -0.2) is 23.9 Å². The van der Waals surface area contributed by atoms with Gasteiger partial charge in [-0.3, -0.25) is 0 Å². The highest BCUT2D eigenvalue weighted by Crippen LogP contribution is 2.18. The van der Waals surface area contributed by atoms with Crippen molar-refractivity contribution in [3.05, 3.63) is 192 Å². The number of carboxylic acid groups (broad SMARTS) is 4. The third-order valence-corrected chi connectivity index (χ3v) is 6.45. The fraction of sp³-hybridized carbons (Fsp3) is 0. The van der Waals surface area contributed by atoms with E-state index in [1.165, 1.54) is 40.5 Å². The number of benzene rings is 6. The number of carbonyl (C=O) groups is 4. The van der Waals surface area contributed by atoms with E-state index in [4.69, 9.17) is 0 Å². The lowest BCUT2D eigenvalue weighted by Crippen LogP contribution is -2.25. The predicted octanol–water partition coefficient (Wildman–Crippen LogP) is 3.53. The Morgan fingerprint density at radius 2 is 0.500 bits per heavy atom. The monoisotopic (exact) mass is 636 g/mol. The summed E-state index contributed by atoms with van der Waals surface area (Å²) in [6.45, 7) is 0. The van der Waals surface area contributed by atoms with Crippen LogP contribution in [0.1, 0.15) is 41.4 Å². The second-order valence-electron chi connectivity index (χ2n) is 9.77. The normalized spacial score (nSPS) is 9.50. The van der Waals surface area contributed by atoms with Gasteiger partial charge in [0.05, 0.1) is 23.9 Å². The molecule has 0 unspecified atom stereocenters. The van der Waals surface area contributed by atoms with Crippen LogP contribution in [0.15, 0.2) is 170 Å². The van der Waals surface area contributed by atoms with E-state index in [2.05, 4.69) is 97.1 Å². The first-order valence-corrected chi connectivity index (χ1v) is 14.4. The van der Waals surface area contributed by atoms with Crippen molar-refractivity contribution in [1.29, 1.82) is 0 Å². The van der Waals surface area contributed by atoms with Gasteiger partial charge in [0.2, 0.25) is 0 Å². The van der Waals surface area contributed by atoms with Gasteiger partial charge < -0.3 is 39.6 Å². The zero-order valence-corrected chi connectivity index (χ0v) is 25.4. The zero-order chi connectivity index (χ0) is 34.7. The van der Waals surface area contributed by atoms with Crippen LogP contribution in [0.5, 0.6) is 0 Å². The molecule has 8 heteroatoms. The molecule has 0 spiro atoms. The highest BCUT2D eigenvalue weighted by molar-refractivity contribution is 5.92. The summed E-state index contributed by atoms with van der Waals surface area (Å²) < 4.78 is 0. The highest BCUT2D eigenvalue weighted by Gasteiger charge is 1.97. The summed E-state index contributed by atoms with van der Waals surface area (Å²) in [6, 6.07) is 51.0. The quantitative estimate of drug-likeness (QED) is 0.268. The first kappa shape index (κ1) is 35.7. The number of carboxylic acids is 4.